The Bertz CT molecular complexity index is 610. The van der Waals surface area contributed by atoms with Crippen LogP contribution in [0.2, 0.25) is 5.02 Å². The Hall–Kier alpha value is -1.35. The first kappa shape index (κ1) is 14.1. The third-order valence-corrected chi connectivity index (χ3v) is 4.11. The van der Waals surface area contributed by atoms with Gasteiger partial charge in [0.15, 0.2) is 5.78 Å². The van der Waals surface area contributed by atoms with Gasteiger partial charge in [0.05, 0.1) is 5.02 Å². The topological polar surface area (TPSA) is 45.8 Å². The highest BCUT2D eigenvalue weighted by Gasteiger charge is 2.24. The van der Waals surface area contributed by atoms with Crippen LogP contribution in [0, 0.1) is 11.3 Å². The van der Waals surface area contributed by atoms with E-state index in [0.717, 1.165) is 5.39 Å². The van der Waals surface area contributed by atoms with Crippen molar-refractivity contribution in [2.24, 2.45) is 11.3 Å². The highest BCUT2D eigenvalue weighted by atomic mass is 35.5. The van der Waals surface area contributed by atoms with Crippen LogP contribution in [-0.2, 0) is 0 Å². The van der Waals surface area contributed by atoms with Crippen molar-refractivity contribution in [1.29, 1.82) is 0 Å². The molecule has 2 rings (SSSR count). The molecule has 2 aromatic rings. The van der Waals surface area contributed by atoms with Crippen LogP contribution in [0.15, 0.2) is 18.5 Å². The molecule has 1 unspecified atom stereocenters. The van der Waals surface area contributed by atoms with Gasteiger partial charge >= 0.3 is 0 Å². The maximum absolute atomic E-state index is 12.4. The highest BCUT2D eigenvalue weighted by molar-refractivity contribution is 6.36. The molecule has 3 nitrogen and oxygen atoms in total. The summed E-state index contributed by atoms with van der Waals surface area (Å²) in [6.07, 6.45) is 3.86. The smallest absolute Gasteiger partial charge is 0.165 e. The average molecular weight is 279 g/mol. The standard InChI is InChI=1S/C15H19ClN2O/c1-9(15(2,3)4)7-12(19)10-8-18-14-13(10)11(16)5-6-17-14/h5-6,8-9H,7H2,1-4H3,(H,17,18). The van der Waals surface area contributed by atoms with Crippen LogP contribution < -0.4 is 0 Å². The number of hydrogen-bond donors (Lipinski definition) is 1. The van der Waals surface area contributed by atoms with E-state index in [0.29, 0.717) is 28.6 Å². The number of nitrogens with zero attached hydrogens (tertiary/aromatic N) is 1. The molecule has 4 heteroatoms. The molecule has 0 saturated heterocycles. The van der Waals surface area contributed by atoms with E-state index < -0.39 is 0 Å². The summed E-state index contributed by atoms with van der Waals surface area (Å²) in [5, 5.41) is 1.30. The molecule has 0 aliphatic carbocycles. The van der Waals surface area contributed by atoms with Crippen LogP contribution in [0.1, 0.15) is 44.5 Å². The number of carbonyl (C=O) groups excluding carboxylic acids is 1. The molecule has 0 aliphatic rings. The van der Waals surface area contributed by atoms with Crippen molar-refractivity contribution in [3.8, 4) is 0 Å². The number of carbonyl (C=O) groups is 1. The van der Waals surface area contributed by atoms with Gasteiger partial charge in [-0.05, 0) is 17.4 Å². The van der Waals surface area contributed by atoms with Gasteiger partial charge in [-0.2, -0.15) is 0 Å². The van der Waals surface area contributed by atoms with Crippen molar-refractivity contribution < 1.29 is 4.79 Å². The van der Waals surface area contributed by atoms with Gasteiger partial charge in [0.25, 0.3) is 0 Å². The van der Waals surface area contributed by atoms with Crippen molar-refractivity contribution >= 4 is 28.4 Å². The van der Waals surface area contributed by atoms with E-state index in [1.54, 1.807) is 18.5 Å². The summed E-state index contributed by atoms with van der Waals surface area (Å²) in [6, 6.07) is 1.71. The van der Waals surface area contributed by atoms with Crippen molar-refractivity contribution in [3.63, 3.8) is 0 Å². The SMILES string of the molecule is CC(CC(=O)c1c[nH]c2nccc(Cl)c12)C(C)(C)C. The number of fused-ring (bicyclic) bond motifs is 1. The second-order valence-electron chi connectivity index (χ2n) is 6.11. The number of aromatic amines is 1. The quantitative estimate of drug-likeness (QED) is 0.842. The summed E-state index contributed by atoms with van der Waals surface area (Å²) < 4.78 is 0. The van der Waals surface area contributed by atoms with Gasteiger partial charge in [0, 0.05) is 29.8 Å². The van der Waals surface area contributed by atoms with E-state index in [-0.39, 0.29) is 11.2 Å². The lowest BCUT2D eigenvalue weighted by Crippen LogP contribution is -2.20. The molecule has 0 aromatic carbocycles. The van der Waals surface area contributed by atoms with Crippen LogP contribution in [0.5, 0.6) is 0 Å². The number of halogens is 1. The van der Waals surface area contributed by atoms with E-state index in [1.807, 2.05) is 0 Å². The molecule has 1 atom stereocenters. The summed E-state index contributed by atoms with van der Waals surface area (Å²) in [4.78, 5) is 19.6. The van der Waals surface area contributed by atoms with Gasteiger partial charge in [-0.15, -0.1) is 0 Å². The summed E-state index contributed by atoms with van der Waals surface area (Å²) >= 11 is 6.16. The van der Waals surface area contributed by atoms with Crippen LogP contribution in [0.4, 0.5) is 0 Å². The number of hydrogen-bond acceptors (Lipinski definition) is 2. The van der Waals surface area contributed by atoms with Crippen molar-refractivity contribution in [2.75, 3.05) is 0 Å². The average Bonchev–Trinajstić information content (AvgIpc) is 2.72. The van der Waals surface area contributed by atoms with Crippen molar-refractivity contribution in [3.05, 3.63) is 29.0 Å². The Labute approximate surface area is 118 Å². The Morgan fingerprint density at radius 1 is 1.47 bits per heavy atom. The number of aromatic nitrogens is 2. The Morgan fingerprint density at radius 2 is 2.16 bits per heavy atom. The maximum Gasteiger partial charge on any atom is 0.165 e. The predicted octanol–water partition coefficient (Wildman–Crippen LogP) is 4.47. The van der Waals surface area contributed by atoms with Gasteiger partial charge in [0.1, 0.15) is 5.65 Å². The Morgan fingerprint density at radius 3 is 2.79 bits per heavy atom. The van der Waals surface area contributed by atoms with Crippen LogP contribution in [-0.4, -0.2) is 15.8 Å². The molecule has 1 N–H and O–H groups in total. The van der Waals surface area contributed by atoms with Gasteiger partial charge < -0.3 is 4.98 Å². The normalized spacial score (nSPS) is 13.7. The molecule has 0 amide bonds. The second kappa shape index (κ2) is 4.97. The zero-order chi connectivity index (χ0) is 14.2. The number of Topliss-reactive ketones (excluding diaryl/α,β-unsaturated/α-hetero) is 1. The molecule has 0 radical (unpaired) electrons. The molecule has 2 aromatic heterocycles. The first-order chi connectivity index (χ1) is 8.80. The van der Waals surface area contributed by atoms with Crippen LogP contribution in [0.3, 0.4) is 0 Å². The largest absolute Gasteiger partial charge is 0.345 e. The van der Waals surface area contributed by atoms with Crippen molar-refractivity contribution in [2.45, 2.75) is 34.1 Å². The Balaban J connectivity index is 2.33. The maximum atomic E-state index is 12.4. The van der Waals surface area contributed by atoms with E-state index in [4.69, 9.17) is 11.6 Å². The molecule has 2 heterocycles. The zero-order valence-corrected chi connectivity index (χ0v) is 12.5. The van der Waals surface area contributed by atoms with E-state index in [9.17, 15) is 4.79 Å². The van der Waals surface area contributed by atoms with Gasteiger partial charge in [-0.25, -0.2) is 4.98 Å². The minimum absolute atomic E-state index is 0.114. The van der Waals surface area contributed by atoms with E-state index in [1.165, 1.54) is 0 Å². The summed E-state index contributed by atoms with van der Waals surface area (Å²) in [5.41, 5.74) is 1.42. The molecule has 102 valence electrons. The fraction of sp³-hybridized carbons (Fsp3) is 0.467. The zero-order valence-electron chi connectivity index (χ0n) is 11.7. The lowest BCUT2D eigenvalue weighted by Gasteiger charge is -2.26. The lowest BCUT2D eigenvalue weighted by atomic mass is 9.78. The second-order valence-corrected chi connectivity index (χ2v) is 6.52. The summed E-state index contributed by atoms with van der Waals surface area (Å²) in [6.45, 7) is 8.55. The summed E-state index contributed by atoms with van der Waals surface area (Å²) in [7, 11) is 0. The molecule has 0 fully saturated rings. The molecular formula is C15H19ClN2O. The number of rotatable bonds is 3. The number of pyridine rings is 1. The fourth-order valence-electron chi connectivity index (χ4n) is 1.93. The molecule has 0 spiro atoms. The predicted molar refractivity (Wildman–Crippen MR) is 78.7 cm³/mol. The van der Waals surface area contributed by atoms with Crippen LogP contribution in [0.25, 0.3) is 11.0 Å². The van der Waals surface area contributed by atoms with Gasteiger partial charge in [-0.3, -0.25) is 4.79 Å². The summed E-state index contributed by atoms with van der Waals surface area (Å²) in [5.74, 6) is 0.420. The fourth-order valence-corrected chi connectivity index (χ4v) is 2.18. The molecule has 0 saturated carbocycles. The van der Waals surface area contributed by atoms with E-state index in [2.05, 4.69) is 37.7 Å². The monoisotopic (exact) mass is 278 g/mol. The molecule has 0 aliphatic heterocycles. The minimum atomic E-state index is 0.114. The highest BCUT2D eigenvalue weighted by Crippen LogP contribution is 2.31. The molecule has 19 heavy (non-hydrogen) atoms. The van der Waals surface area contributed by atoms with Gasteiger partial charge in [0.2, 0.25) is 0 Å². The lowest BCUT2D eigenvalue weighted by molar-refractivity contribution is 0.0929. The van der Waals surface area contributed by atoms with Crippen LogP contribution >= 0.6 is 11.6 Å². The molecule has 0 bridgehead atoms. The number of nitrogens with one attached hydrogen (secondary N) is 1. The third kappa shape index (κ3) is 2.81. The third-order valence-electron chi connectivity index (χ3n) is 3.79. The Kier molecular flexibility index (Phi) is 3.68. The molecular weight excluding hydrogens is 260 g/mol. The van der Waals surface area contributed by atoms with Gasteiger partial charge in [-0.1, -0.05) is 39.3 Å². The minimum Gasteiger partial charge on any atom is -0.345 e. The van der Waals surface area contributed by atoms with E-state index >= 15 is 0 Å². The first-order valence-electron chi connectivity index (χ1n) is 6.45. The van der Waals surface area contributed by atoms with Crippen molar-refractivity contribution in [1.82, 2.24) is 9.97 Å². The first-order valence-corrected chi connectivity index (χ1v) is 6.83. The number of H-pyrrole nitrogens is 1. The number of ketones is 1.